The summed E-state index contributed by atoms with van der Waals surface area (Å²) >= 11 is 11.9. The fraction of sp³-hybridized carbons (Fsp3) is 0.200. The third kappa shape index (κ3) is 3.41. The van der Waals surface area contributed by atoms with Crippen LogP contribution in [-0.4, -0.2) is 6.61 Å². The molecule has 0 saturated heterocycles. The smallest absolute Gasteiger partial charge is 0.119 e. The van der Waals surface area contributed by atoms with Gasteiger partial charge >= 0.3 is 0 Å². The minimum absolute atomic E-state index is 0.254. The van der Waals surface area contributed by atoms with E-state index < -0.39 is 0 Å². The monoisotopic (exact) mass is 295 g/mol. The summed E-state index contributed by atoms with van der Waals surface area (Å²) < 4.78 is 5.47. The van der Waals surface area contributed by atoms with Gasteiger partial charge in [-0.05, 0) is 42.3 Å². The lowest BCUT2D eigenvalue weighted by Gasteiger charge is -2.14. The topological polar surface area (TPSA) is 35.2 Å². The third-order valence-corrected chi connectivity index (χ3v) is 3.57. The normalized spacial score (nSPS) is 12.2. The summed E-state index contributed by atoms with van der Waals surface area (Å²) in [5.74, 6) is 0.815. The lowest BCUT2D eigenvalue weighted by molar-refractivity contribution is 0.340. The second kappa shape index (κ2) is 6.29. The van der Waals surface area contributed by atoms with Crippen LogP contribution in [-0.2, 0) is 0 Å². The van der Waals surface area contributed by atoms with Crippen molar-refractivity contribution in [3.63, 3.8) is 0 Å². The first-order chi connectivity index (χ1) is 9.11. The predicted octanol–water partition coefficient (Wildman–Crippen LogP) is 4.44. The molecule has 100 valence electrons. The van der Waals surface area contributed by atoms with Gasteiger partial charge in [0.05, 0.1) is 22.7 Å². The van der Waals surface area contributed by atoms with Gasteiger partial charge in [-0.2, -0.15) is 0 Å². The predicted molar refractivity (Wildman–Crippen MR) is 80.1 cm³/mol. The third-order valence-electron chi connectivity index (χ3n) is 2.83. The summed E-state index contributed by atoms with van der Waals surface area (Å²) in [5.41, 5.74) is 8.14. The SMILES string of the molecule is CCOc1cccc(C(N)c2ccc(Cl)c(Cl)c2)c1. The Labute approximate surface area is 123 Å². The van der Waals surface area contributed by atoms with Crippen LogP contribution in [0.3, 0.4) is 0 Å². The number of ether oxygens (including phenoxy) is 1. The molecule has 0 aliphatic rings. The van der Waals surface area contributed by atoms with Crippen LogP contribution < -0.4 is 10.5 Å². The van der Waals surface area contributed by atoms with Crippen molar-refractivity contribution in [1.29, 1.82) is 0 Å². The first-order valence-corrected chi connectivity index (χ1v) is 6.80. The summed E-state index contributed by atoms with van der Waals surface area (Å²) in [4.78, 5) is 0. The van der Waals surface area contributed by atoms with Crippen molar-refractivity contribution in [2.45, 2.75) is 13.0 Å². The van der Waals surface area contributed by atoms with Crippen molar-refractivity contribution in [2.75, 3.05) is 6.61 Å². The van der Waals surface area contributed by atoms with E-state index in [0.29, 0.717) is 16.7 Å². The molecular weight excluding hydrogens is 281 g/mol. The number of rotatable bonds is 4. The van der Waals surface area contributed by atoms with Gasteiger partial charge < -0.3 is 10.5 Å². The molecule has 2 aromatic carbocycles. The van der Waals surface area contributed by atoms with Gasteiger partial charge in [-0.3, -0.25) is 0 Å². The average Bonchev–Trinajstić information content (AvgIpc) is 2.42. The Morgan fingerprint density at radius 2 is 1.79 bits per heavy atom. The molecule has 2 rings (SSSR count). The number of nitrogens with two attached hydrogens (primary N) is 1. The second-order valence-electron chi connectivity index (χ2n) is 4.16. The number of hydrogen-bond acceptors (Lipinski definition) is 2. The van der Waals surface area contributed by atoms with Gasteiger partial charge in [-0.25, -0.2) is 0 Å². The summed E-state index contributed by atoms with van der Waals surface area (Å²) in [7, 11) is 0. The molecule has 0 spiro atoms. The first kappa shape index (κ1) is 14.2. The molecule has 4 heteroatoms. The average molecular weight is 296 g/mol. The van der Waals surface area contributed by atoms with E-state index in [-0.39, 0.29) is 6.04 Å². The van der Waals surface area contributed by atoms with Crippen molar-refractivity contribution in [2.24, 2.45) is 5.73 Å². The molecule has 0 heterocycles. The van der Waals surface area contributed by atoms with Crippen LogP contribution in [0.15, 0.2) is 42.5 Å². The van der Waals surface area contributed by atoms with Crippen LogP contribution in [0.25, 0.3) is 0 Å². The number of benzene rings is 2. The van der Waals surface area contributed by atoms with E-state index in [1.165, 1.54) is 0 Å². The lowest BCUT2D eigenvalue weighted by Crippen LogP contribution is -2.12. The van der Waals surface area contributed by atoms with Crippen LogP contribution in [0.4, 0.5) is 0 Å². The highest BCUT2D eigenvalue weighted by molar-refractivity contribution is 6.42. The highest BCUT2D eigenvalue weighted by Gasteiger charge is 2.11. The van der Waals surface area contributed by atoms with Gasteiger partial charge in [0.2, 0.25) is 0 Å². The molecule has 0 aliphatic heterocycles. The maximum Gasteiger partial charge on any atom is 0.119 e. The number of halogens is 2. The molecule has 0 bridgehead atoms. The van der Waals surface area contributed by atoms with Gasteiger partial charge in [0.25, 0.3) is 0 Å². The van der Waals surface area contributed by atoms with E-state index in [4.69, 9.17) is 33.7 Å². The summed E-state index contributed by atoms with van der Waals surface area (Å²) in [5, 5.41) is 1.04. The molecule has 0 saturated carbocycles. The standard InChI is InChI=1S/C15H15Cl2NO/c1-2-19-12-5-3-4-10(8-12)15(18)11-6-7-13(16)14(17)9-11/h3-9,15H,2,18H2,1H3. The minimum atomic E-state index is -0.254. The zero-order chi connectivity index (χ0) is 13.8. The van der Waals surface area contributed by atoms with Crippen LogP contribution in [0, 0.1) is 0 Å². The molecule has 2 aromatic rings. The van der Waals surface area contributed by atoms with Crippen molar-refractivity contribution in [3.8, 4) is 5.75 Å². The van der Waals surface area contributed by atoms with E-state index in [1.54, 1.807) is 12.1 Å². The van der Waals surface area contributed by atoms with Crippen molar-refractivity contribution >= 4 is 23.2 Å². The summed E-state index contributed by atoms with van der Waals surface area (Å²) in [6, 6.07) is 12.9. The van der Waals surface area contributed by atoms with E-state index in [9.17, 15) is 0 Å². The van der Waals surface area contributed by atoms with E-state index >= 15 is 0 Å². The molecule has 1 atom stereocenters. The Balaban J connectivity index is 2.29. The van der Waals surface area contributed by atoms with Crippen LogP contribution in [0.1, 0.15) is 24.1 Å². The largest absolute Gasteiger partial charge is 0.494 e. The second-order valence-corrected chi connectivity index (χ2v) is 4.97. The molecule has 0 radical (unpaired) electrons. The summed E-state index contributed by atoms with van der Waals surface area (Å²) in [6.45, 7) is 2.58. The molecule has 2 nitrogen and oxygen atoms in total. The van der Waals surface area contributed by atoms with Crippen molar-refractivity contribution in [3.05, 3.63) is 63.6 Å². The van der Waals surface area contributed by atoms with Gasteiger partial charge in [-0.1, -0.05) is 41.4 Å². The highest BCUT2D eigenvalue weighted by atomic mass is 35.5. The van der Waals surface area contributed by atoms with Crippen LogP contribution >= 0.6 is 23.2 Å². The zero-order valence-corrected chi connectivity index (χ0v) is 12.1. The number of hydrogen-bond donors (Lipinski definition) is 1. The highest BCUT2D eigenvalue weighted by Crippen LogP contribution is 2.28. The molecular formula is C15H15Cl2NO. The molecule has 1 unspecified atom stereocenters. The molecule has 19 heavy (non-hydrogen) atoms. The quantitative estimate of drug-likeness (QED) is 0.905. The van der Waals surface area contributed by atoms with Crippen molar-refractivity contribution < 1.29 is 4.74 Å². The fourth-order valence-corrected chi connectivity index (χ4v) is 2.17. The van der Waals surface area contributed by atoms with E-state index in [1.807, 2.05) is 37.3 Å². The molecule has 0 fully saturated rings. The van der Waals surface area contributed by atoms with Crippen LogP contribution in [0.5, 0.6) is 5.75 Å². The first-order valence-electron chi connectivity index (χ1n) is 6.05. The Kier molecular flexibility index (Phi) is 4.70. The van der Waals surface area contributed by atoms with Gasteiger partial charge in [-0.15, -0.1) is 0 Å². The minimum Gasteiger partial charge on any atom is -0.494 e. The van der Waals surface area contributed by atoms with Crippen LogP contribution in [0.2, 0.25) is 10.0 Å². The van der Waals surface area contributed by atoms with E-state index in [2.05, 4.69) is 0 Å². The van der Waals surface area contributed by atoms with Gasteiger partial charge in [0.15, 0.2) is 0 Å². The molecule has 0 amide bonds. The maximum atomic E-state index is 6.24. The van der Waals surface area contributed by atoms with E-state index in [0.717, 1.165) is 16.9 Å². The van der Waals surface area contributed by atoms with Gasteiger partial charge in [0, 0.05) is 0 Å². The Morgan fingerprint density at radius 1 is 1.05 bits per heavy atom. The zero-order valence-electron chi connectivity index (χ0n) is 10.6. The Hall–Kier alpha value is -1.22. The molecule has 0 aliphatic carbocycles. The Morgan fingerprint density at radius 3 is 2.47 bits per heavy atom. The Bertz CT molecular complexity index is 572. The molecule has 2 N–H and O–H groups in total. The van der Waals surface area contributed by atoms with Crippen molar-refractivity contribution in [1.82, 2.24) is 0 Å². The fourth-order valence-electron chi connectivity index (χ4n) is 1.86. The maximum absolute atomic E-state index is 6.24. The molecule has 0 aromatic heterocycles. The summed E-state index contributed by atoms with van der Waals surface area (Å²) in [6.07, 6.45) is 0. The van der Waals surface area contributed by atoms with Gasteiger partial charge in [0.1, 0.15) is 5.75 Å². The lowest BCUT2D eigenvalue weighted by atomic mass is 9.99.